The summed E-state index contributed by atoms with van der Waals surface area (Å²) >= 11 is 0. The summed E-state index contributed by atoms with van der Waals surface area (Å²) in [4.78, 5) is 20.9. The van der Waals surface area contributed by atoms with Gasteiger partial charge in [-0.25, -0.2) is 27.9 Å². The summed E-state index contributed by atoms with van der Waals surface area (Å²) in [7, 11) is -3.90. The number of sulfonamides is 1. The number of carbonyl (C=O) groups excluding carboxylic acids is 1. The fourth-order valence-corrected chi connectivity index (χ4v) is 4.07. The zero-order valence-corrected chi connectivity index (χ0v) is 17.9. The van der Waals surface area contributed by atoms with Crippen LogP contribution in [0.4, 0.5) is 15.8 Å². The maximum atomic E-state index is 13.5. The molecule has 0 spiro atoms. The summed E-state index contributed by atoms with van der Waals surface area (Å²) in [6.45, 7) is 0. The molecule has 0 aliphatic heterocycles. The van der Waals surface area contributed by atoms with Crippen LogP contribution in [0.25, 0.3) is 22.3 Å². The quantitative estimate of drug-likeness (QED) is 0.387. The van der Waals surface area contributed by atoms with Crippen molar-refractivity contribution in [3.05, 3.63) is 90.8 Å². The number of anilines is 2. The summed E-state index contributed by atoms with van der Waals surface area (Å²) in [5.74, 6) is -1.07. The number of hydrogen-bond donors (Lipinski definition) is 3. The molecule has 0 aliphatic rings. The number of hydrogen-bond acceptors (Lipinski definition) is 6. The number of nitrogens with one attached hydrogen (secondary N) is 1. The number of benzene rings is 3. The Morgan fingerprint density at radius 1 is 0.939 bits per heavy atom. The number of rotatable bonds is 5. The van der Waals surface area contributed by atoms with Gasteiger partial charge in [-0.15, -0.1) is 0 Å². The van der Waals surface area contributed by atoms with Gasteiger partial charge in [0.25, 0.3) is 5.91 Å². The van der Waals surface area contributed by atoms with Crippen molar-refractivity contribution >= 4 is 27.3 Å². The predicted molar refractivity (Wildman–Crippen MR) is 123 cm³/mol. The van der Waals surface area contributed by atoms with Gasteiger partial charge in [0.15, 0.2) is 0 Å². The SMILES string of the molecule is Nc1cc(-c2cncnc2C(=O)Nc2ccc(-c3ccccc3S(N)(=O)=O)cc2)ccc1F. The van der Waals surface area contributed by atoms with E-state index in [0.29, 0.717) is 27.9 Å². The van der Waals surface area contributed by atoms with Crippen molar-refractivity contribution in [3.63, 3.8) is 0 Å². The summed E-state index contributed by atoms with van der Waals surface area (Å²) in [6, 6.07) is 17.1. The van der Waals surface area contributed by atoms with E-state index in [0.717, 1.165) is 0 Å². The van der Waals surface area contributed by atoms with Crippen molar-refractivity contribution in [1.29, 1.82) is 0 Å². The molecule has 0 fully saturated rings. The number of carbonyl (C=O) groups is 1. The van der Waals surface area contributed by atoms with E-state index in [2.05, 4.69) is 15.3 Å². The Morgan fingerprint density at radius 2 is 1.64 bits per heavy atom. The van der Waals surface area contributed by atoms with Gasteiger partial charge in [0.05, 0.1) is 10.6 Å². The normalized spacial score (nSPS) is 11.2. The van der Waals surface area contributed by atoms with Crippen molar-refractivity contribution in [3.8, 4) is 22.3 Å². The van der Waals surface area contributed by atoms with E-state index in [1.807, 2.05) is 0 Å². The topological polar surface area (TPSA) is 141 Å². The smallest absolute Gasteiger partial charge is 0.275 e. The van der Waals surface area contributed by atoms with E-state index in [-0.39, 0.29) is 16.3 Å². The zero-order valence-electron chi connectivity index (χ0n) is 17.1. The van der Waals surface area contributed by atoms with Gasteiger partial charge in [-0.3, -0.25) is 4.79 Å². The lowest BCUT2D eigenvalue weighted by Crippen LogP contribution is -2.15. The molecule has 1 heterocycles. The third-order valence-electron chi connectivity index (χ3n) is 4.88. The Balaban J connectivity index is 1.61. The number of aromatic nitrogens is 2. The van der Waals surface area contributed by atoms with E-state index < -0.39 is 21.7 Å². The molecule has 1 aromatic heterocycles. The van der Waals surface area contributed by atoms with Crippen LogP contribution in [0.1, 0.15) is 10.5 Å². The van der Waals surface area contributed by atoms with Crippen LogP contribution in [0.15, 0.2) is 84.1 Å². The Bertz CT molecular complexity index is 1460. The zero-order chi connectivity index (χ0) is 23.6. The van der Waals surface area contributed by atoms with Gasteiger partial charge in [0.2, 0.25) is 10.0 Å². The second-order valence-electron chi connectivity index (χ2n) is 7.09. The molecule has 0 saturated carbocycles. The maximum absolute atomic E-state index is 13.5. The van der Waals surface area contributed by atoms with Crippen LogP contribution in [0.3, 0.4) is 0 Å². The van der Waals surface area contributed by atoms with Crippen LogP contribution < -0.4 is 16.2 Å². The average Bonchev–Trinajstić information content (AvgIpc) is 2.81. The Labute approximate surface area is 189 Å². The largest absolute Gasteiger partial charge is 0.396 e. The monoisotopic (exact) mass is 463 g/mol. The first-order chi connectivity index (χ1) is 15.7. The lowest BCUT2D eigenvalue weighted by atomic mass is 10.0. The van der Waals surface area contributed by atoms with Crippen molar-refractivity contribution < 1.29 is 17.6 Å². The molecule has 0 bridgehead atoms. The molecule has 0 aliphatic carbocycles. The van der Waals surface area contributed by atoms with Crippen LogP contribution in [0, 0.1) is 5.82 Å². The molecule has 0 atom stereocenters. The highest BCUT2D eigenvalue weighted by Crippen LogP contribution is 2.28. The molecule has 4 rings (SSSR count). The number of nitrogen functional groups attached to an aromatic ring is 1. The number of halogens is 1. The predicted octanol–water partition coefficient (Wildman–Crippen LogP) is 3.43. The minimum absolute atomic E-state index is 0.00554. The van der Waals surface area contributed by atoms with E-state index in [4.69, 9.17) is 10.9 Å². The minimum atomic E-state index is -3.90. The molecule has 8 nitrogen and oxygen atoms in total. The molecule has 4 aromatic rings. The van der Waals surface area contributed by atoms with Crippen molar-refractivity contribution in [2.45, 2.75) is 4.90 Å². The third-order valence-corrected chi connectivity index (χ3v) is 5.85. The van der Waals surface area contributed by atoms with Crippen LogP contribution in [-0.4, -0.2) is 24.3 Å². The number of amides is 1. The fraction of sp³-hybridized carbons (Fsp3) is 0. The van der Waals surface area contributed by atoms with E-state index in [1.54, 1.807) is 42.5 Å². The second kappa shape index (κ2) is 8.77. The third kappa shape index (κ3) is 4.71. The molecular weight excluding hydrogens is 445 g/mol. The molecule has 0 radical (unpaired) electrons. The van der Waals surface area contributed by atoms with Crippen LogP contribution in [0.2, 0.25) is 0 Å². The van der Waals surface area contributed by atoms with E-state index in [1.165, 1.54) is 36.8 Å². The van der Waals surface area contributed by atoms with E-state index >= 15 is 0 Å². The lowest BCUT2D eigenvalue weighted by molar-refractivity contribution is 0.102. The molecule has 0 saturated heterocycles. The van der Waals surface area contributed by atoms with Gasteiger partial charge in [0.1, 0.15) is 17.8 Å². The van der Waals surface area contributed by atoms with Gasteiger partial charge < -0.3 is 11.1 Å². The Hall–Kier alpha value is -4.15. The first-order valence-electron chi connectivity index (χ1n) is 9.63. The van der Waals surface area contributed by atoms with Gasteiger partial charge >= 0.3 is 0 Å². The molecule has 33 heavy (non-hydrogen) atoms. The first kappa shape index (κ1) is 22.1. The summed E-state index contributed by atoms with van der Waals surface area (Å²) < 4.78 is 37.3. The average molecular weight is 463 g/mol. The highest BCUT2D eigenvalue weighted by atomic mass is 32.2. The molecule has 166 valence electrons. The van der Waals surface area contributed by atoms with Gasteiger partial charge in [-0.2, -0.15) is 0 Å². The Kier molecular flexibility index (Phi) is 5.86. The lowest BCUT2D eigenvalue weighted by Gasteiger charge is -2.11. The summed E-state index contributed by atoms with van der Waals surface area (Å²) in [5, 5.41) is 8.05. The first-order valence-corrected chi connectivity index (χ1v) is 11.2. The number of primary sulfonamides is 1. The number of nitrogens with zero attached hydrogens (tertiary/aromatic N) is 2. The van der Waals surface area contributed by atoms with Gasteiger partial charge in [-0.1, -0.05) is 36.4 Å². The highest BCUT2D eigenvalue weighted by molar-refractivity contribution is 7.89. The van der Waals surface area contributed by atoms with Crippen LogP contribution >= 0.6 is 0 Å². The van der Waals surface area contributed by atoms with Crippen molar-refractivity contribution in [2.24, 2.45) is 5.14 Å². The fourth-order valence-electron chi connectivity index (χ4n) is 3.31. The summed E-state index contributed by atoms with van der Waals surface area (Å²) in [5.41, 5.74) is 8.08. The van der Waals surface area contributed by atoms with Gasteiger partial charge in [0, 0.05) is 23.0 Å². The summed E-state index contributed by atoms with van der Waals surface area (Å²) in [6.07, 6.45) is 2.68. The molecule has 0 unspecified atom stereocenters. The maximum Gasteiger partial charge on any atom is 0.275 e. The second-order valence-corrected chi connectivity index (χ2v) is 8.62. The van der Waals surface area contributed by atoms with Crippen LogP contribution in [-0.2, 0) is 10.0 Å². The molecule has 3 aromatic carbocycles. The standard InChI is InChI=1S/C23H18FN5O3S/c24-19-10-7-15(11-20(19)25)18-12-27-13-28-22(18)23(30)29-16-8-5-14(6-9-16)17-3-1-2-4-21(17)33(26,31)32/h1-13H,25H2,(H,29,30)(H2,26,31,32). The Morgan fingerprint density at radius 3 is 2.33 bits per heavy atom. The minimum Gasteiger partial charge on any atom is -0.396 e. The van der Waals surface area contributed by atoms with Gasteiger partial charge in [-0.05, 0) is 41.5 Å². The van der Waals surface area contributed by atoms with Crippen LogP contribution in [0.5, 0.6) is 0 Å². The van der Waals surface area contributed by atoms with Crippen molar-refractivity contribution in [2.75, 3.05) is 11.1 Å². The molecule has 1 amide bonds. The molecule has 5 N–H and O–H groups in total. The molecule has 10 heteroatoms. The van der Waals surface area contributed by atoms with E-state index in [9.17, 15) is 17.6 Å². The number of nitrogens with two attached hydrogens (primary N) is 2. The highest BCUT2D eigenvalue weighted by Gasteiger charge is 2.17. The molecular formula is C23H18FN5O3S. The van der Waals surface area contributed by atoms with Crippen molar-refractivity contribution in [1.82, 2.24) is 9.97 Å².